The minimum atomic E-state index is 0.919. The quantitative estimate of drug-likeness (QED) is 0.704. The molecule has 0 N–H and O–H groups in total. The van der Waals surface area contributed by atoms with E-state index in [1.165, 1.54) is 24.2 Å². The smallest absolute Gasteiger partial charge is 0.152 e. The van der Waals surface area contributed by atoms with Gasteiger partial charge in [-0.05, 0) is 43.0 Å². The van der Waals surface area contributed by atoms with Crippen LogP contribution in [0.1, 0.15) is 24.2 Å². The molecule has 3 rings (SSSR count). The molecule has 2 heterocycles. The van der Waals surface area contributed by atoms with Crippen LogP contribution < -0.4 is 0 Å². The molecule has 0 aliphatic heterocycles. The Kier molecular flexibility index (Phi) is 2.05. The lowest BCUT2D eigenvalue weighted by Crippen LogP contribution is -1.97. The summed E-state index contributed by atoms with van der Waals surface area (Å²) in [6.45, 7) is 0. The Hall–Kier alpha value is -1.57. The average Bonchev–Trinajstić information content (AvgIpc) is 2.74. The SMILES string of the molecule is c1ccc(-c2cc3c(o2)CCCC3)nc1. The maximum atomic E-state index is 5.83. The summed E-state index contributed by atoms with van der Waals surface area (Å²) in [6, 6.07) is 8.05. The minimum Gasteiger partial charge on any atom is -0.459 e. The third kappa shape index (κ3) is 1.56. The van der Waals surface area contributed by atoms with Crippen molar-refractivity contribution in [2.75, 3.05) is 0 Å². The van der Waals surface area contributed by atoms with Crippen molar-refractivity contribution in [1.29, 1.82) is 0 Å². The van der Waals surface area contributed by atoms with E-state index in [1.807, 2.05) is 18.2 Å². The van der Waals surface area contributed by atoms with Crippen molar-refractivity contribution < 1.29 is 4.42 Å². The molecule has 0 unspecified atom stereocenters. The molecule has 0 bridgehead atoms. The number of rotatable bonds is 1. The van der Waals surface area contributed by atoms with E-state index in [1.54, 1.807) is 6.20 Å². The van der Waals surface area contributed by atoms with Crippen LogP contribution >= 0.6 is 0 Å². The molecule has 2 heteroatoms. The lowest BCUT2D eigenvalue weighted by Gasteiger charge is -2.07. The Balaban J connectivity index is 2.03. The molecule has 76 valence electrons. The van der Waals surface area contributed by atoms with Gasteiger partial charge in [0.1, 0.15) is 11.5 Å². The fourth-order valence-corrected chi connectivity index (χ4v) is 2.13. The second kappa shape index (κ2) is 3.54. The fraction of sp³-hybridized carbons (Fsp3) is 0.308. The molecule has 0 spiro atoms. The molecular weight excluding hydrogens is 186 g/mol. The molecule has 2 aromatic rings. The zero-order chi connectivity index (χ0) is 10.1. The van der Waals surface area contributed by atoms with Crippen LogP contribution in [0, 0.1) is 0 Å². The molecule has 0 amide bonds. The highest BCUT2D eigenvalue weighted by Crippen LogP contribution is 2.29. The van der Waals surface area contributed by atoms with E-state index in [0.29, 0.717) is 0 Å². The van der Waals surface area contributed by atoms with Crippen LogP contribution in [-0.2, 0) is 12.8 Å². The standard InChI is InChI=1S/C13H13NO/c1-2-7-12-10(5-1)9-13(15-12)11-6-3-4-8-14-11/h3-4,6,8-9H,1-2,5,7H2. The molecule has 0 atom stereocenters. The average molecular weight is 199 g/mol. The second-order valence-electron chi connectivity index (χ2n) is 3.98. The van der Waals surface area contributed by atoms with Gasteiger partial charge in [-0.3, -0.25) is 4.98 Å². The molecule has 0 saturated carbocycles. The van der Waals surface area contributed by atoms with Crippen molar-refractivity contribution in [1.82, 2.24) is 4.98 Å². The molecule has 0 fully saturated rings. The molecule has 0 radical (unpaired) electrons. The van der Waals surface area contributed by atoms with Gasteiger partial charge in [0.05, 0.1) is 0 Å². The van der Waals surface area contributed by atoms with Gasteiger partial charge in [0, 0.05) is 12.6 Å². The molecule has 0 saturated heterocycles. The van der Waals surface area contributed by atoms with E-state index in [0.717, 1.165) is 24.3 Å². The zero-order valence-corrected chi connectivity index (χ0v) is 8.57. The van der Waals surface area contributed by atoms with E-state index in [2.05, 4.69) is 11.1 Å². The number of aryl methyl sites for hydroxylation is 2. The van der Waals surface area contributed by atoms with Crippen LogP contribution in [0.4, 0.5) is 0 Å². The van der Waals surface area contributed by atoms with E-state index in [4.69, 9.17) is 4.42 Å². The van der Waals surface area contributed by atoms with Gasteiger partial charge in [-0.15, -0.1) is 0 Å². The number of hydrogen-bond acceptors (Lipinski definition) is 2. The first-order valence-corrected chi connectivity index (χ1v) is 5.46. The summed E-state index contributed by atoms with van der Waals surface area (Å²) in [5.74, 6) is 2.09. The van der Waals surface area contributed by atoms with Gasteiger partial charge in [-0.1, -0.05) is 6.07 Å². The number of hydrogen-bond donors (Lipinski definition) is 0. The van der Waals surface area contributed by atoms with Crippen LogP contribution in [0.2, 0.25) is 0 Å². The van der Waals surface area contributed by atoms with Crippen LogP contribution in [0.15, 0.2) is 34.9 Å². The van der Waals surface area contributed by atoms with Crippen molar-refractivity contribution >= 4 is 0 Å². The molecule has 2 aromatic heterocycles. The maximum absolute atomic E-state index is 5.83. The molecule has 0 aromatic carbocycles. The highest BCUT2D eigenvalue weighted by Gasteiger charge is 2.15. The third-order valence-corrected chi connectivity index (χ3v) is 2.91. The van der Waals surface area contributed by atoms with Gasteiger partial charge >= 0.3 is 0 Å². The van der Waals surface area contributed by atoms with Gasteiger partial charge in [-0.2, -0.15) is 0 Å². The van der Waals surface area contributed by atoms with E-state index >= 15 is 0 Å². The number of fused-ring (bicyclic) bond motifs is 1. The number of furan rings is 1. The first-order chi connectivity index (χ1) is 7.43. The first-order valence-electron chi connectivity index (χ1n) is 5.46. The van der Waals surface area contributed by atoms with E-state index in [9.17, 15) is 0 Å². The Morgan fingerprint density at radius 2 is 2.07 bits per heavy atom. The van der Waals surface area contributed by atoms with E-state index in [-0.39, 0.29) is 0 Å². The summed E-state index contributed by atoms with van der Waals surface area (Å²) in [7, 11) is 0. The Morgan fingerprint density at radius 3 is 2.87 bits per heavy atom. The lowest BCUT2D eigenvalue weighted by atomic mass is 9.99. The summed E-state index contributed by atoms with van der Waals surface area (Å²) in [5.41, 5.74) is 2.31. The van der Waals surface area contributed by atoms with Crippen molar-refractivity contribution in [3.05, 3.63) is 41.8 Å². The number of aromatic nitrogens is 1. The van der Waals surface area contributed by atoms with Crippen molar-refractivity contribution in [3.63, 3.8) is 0 Å². The molecule has 1 aliphatic carbocycles. The summed E-state index contributed by atoms with van der Waals surface area (Å²) < 4.78 is 5.83. The number of nitrogens with zero attached hydrogens (tertiary/aromatic N) is 1. The first kappa shape index (κ1) is 8.72. The Bertz CT molecular complexity index is 435. The van der Waals surface area contributed by atoms with Gasteiger partial charge in [0.15, 0.2) is 5.76 Å². The summed E-state index contributed by atoms with van der Waals surface area (Å²) in [4.78, 5) is 4.30. The van der Waals surface area contributed by atoms with Crippen molar-refractivity contribution in [2.45, 2.75) is 25.7 Å². The molecular formula is C13H13NO. The number of pyridine rings is 1. The Morgan fingerprint density at radius 1 is 1.13 bits per heavy atom. The fourth-order valence-electron chi connectivity index (χ4n) is 2.13. The van der Waals surface area contributed by atoms with E-state index < -0.39 is 0 Å². The van der Waals surface area contributed by atoms with Gasteiger partial charge in [0.25, 0.3) is 0 Å². The molecule has 1 aliphatic rings. The highest BCUT2D eigenvalue weighted by atomic mass is 16.3. The van der Waals surface area contributed by atoms with Gasteiger partial charge < -0.3 is 4.42 Å². The largest absolute Gasteiger partial charge is 0.459 e. The zero-order valence-electron chi connectivity index (χ0n) is 8.57. The second-order valence-corrected chi connectivity index (χ2v) is 3.98. The summed E-state index contributed by atoms with van der Waals surface area (Å²) >= 11 is 0. The highest BCUT2D eigenvalue weighted by molar-refractivity contribution is 5.54. The van der Waals surface area contributed by atoms with Crippen LogP contribution in [0.3, 0.4) is 0 Å². The normalized spacial score (nSPS) is 14.9. The van der Waals surface area contributed by atoms with Gasteiger partial charge in [-0.25, -0.2) is 0 Å². The maximum Gasteiger partial charge on any atom is 0.152 e. The lowest BCUT2D eigenvalue weighted by molar-refractivity contribution is 0.486. The van der Waals surface area contributed by atoms with Crippen LogP contribution in [-0.4, -0.2) is 4.98 Å². The minimum absolute atomic E-state index is 0.919. The van der Waals surface area contributed by atoms with Crippen molar-refractivity contribution in [3.8, 4) is 11.5 Å². The van der Waals surface area contributed by atoms with Crippen LogP contribution in [0.25, 0.3) is 11.5 Å². The predicted molar refractivity (Wildman–Crippen MR) is 58.6 cm³/mol. The molecule has 2 nitrogen and oxygen atoms in total. The van der Waals surface area contributed by atoms with Crippen molar-refractivity contribution in [2.24, 2.45) is 0 Å². The van der Waals surface area contributed by atoms with Crippen LogP contribution in [0.5, 0.6) is 0 Å². The molecule has 15 heavy (non-hydrogen) atoms. The topological polar surface area (TPSA) is 26.0 Å². The Labute approximate surface area is 89.0 Å². The monoisotopic (exact) mass is 199 g/mol. The summed E-state index contributed by atoms with van der Waals surface area (Å²) in [6.07, 6.45) is 6.58. The predicted octanol–water partition coefficient (Wildman–Crippen LogP) is 3.22. The third-order valence-electron chi connectivity index (χ3n) is 2.91. The summed E-state index contributed by atoms with van der Waals surface area (Å²) in [5, 5.41) is 0. The van der Waals surface area contributed by atoms with Gasteiger partial charge in [0.2, 0.25) is 0 Å².